The molecule has 0 bridgehead atoms. The zero-order valence-electron chi connectivity index (χ0n) is 13.0. The van der Waals surface area contributed by atoms with Gasteiger partial charge >= 0.3 is 0 Å². The molecule has 0 unspecified atom stereocenters. The standard InChI is InChI=1S/C19H16N2O3/c22-19(15-4-5-16-14(11-15)2-1-7-20-16)21-12-13-3-6-17-18(10-13)24-9-8-23-17/h1-7,10-11H,8-9,12H2,(H,21,22). The third-order valence-electron chi connectivity index (χ3n) is 3.92. The molecule has 1 aliphatic rings. The largest absolute Gasteiger partial charge is 0.486 e. The normalized spacial score (nSPS) is 12.8. The molecule has 0 saturated heterocycles. The van der Waals surface area contributed by atoms with Crippen molar-refractivity contribution in [1.82, 2.24) is 10.3 Å². The third-order valence-corrected chi connectivity index (χ3v) is 3.92. The molecule has 0 atom stereocenters. The minimum absolute atomic E-state index is 0.115. The Labute approximate surface area is 139 Å². The van der Waals surface area contributed by atoms with Gasteiger partial charge in [-0.3, -0.25) is 9.78 Å². The molecule has 4 rings (SSSR count). The number of ether oxygens (including phenoxy) is 2. The predicted molar refractivity (Wildman–Crippen MR) is 90.3 cm³/mol. The molecule has 0 radical (unpaired) electrons. The number of rotatable bonds is 3. The van der Waals surface area contributed by atoms with Crippen LogP contribution in [0.2, 0.25) is 0 Å². The average Bonchev–Trinajstić information content (AvgIpc) is 2.65. The van der Waals surface area contributed by atoms with E-state index in [0.717, 1.165) is 28.0 Å². The number of hydrogen-bond donors (Lipinski definition) is 1. The van der Waals surface area contributed by atoms with E-state index in [0.29, 0.717) is 25.3 Å². The van der Waals surface area contributed by atoms with E-state index in [-0.39, 0.29) is 5.91 Å². The highest BCUT2D eigenvalue weighted by atomic mass is 16.6. The molecule has 5 heteroatoms. The summed E-state index contributed by atoms with van der Waals surface area (Å²) >= 11 is 0. The summed E-state index contributed by atoms with van der Waals surface area (Å²) in [5.74, 6) is 1.36. The molecule has 0 saturated carbocycles. The molecule has 0 fully saturated rings. The summed E-state index contributed by atoms with van der Waals surface area (Å²) in [6.07, 6.45) is 1.74. The van der Waals surface area contributed by atoms with E-state index in [2.05, 4.69) is 10.3 Å². The zero-order chi connectivity index (χ0) is 16.4. The molecule has 3 aromatic rings. The monoisotopic (exact) mass is 320 g/mol. The van der Waals surface area contributed by atoms with Crippen LogP contribution in [0.1, 0.15) is 15.9 Å². The van der Waals surface area contributed by atoms with E-state index in [1.54, 1.807) is 12.3 Å². The quantitative estimate of drug-likeness (QED) is 0.806. The Morgan fingerprint density at radius 1 is 1.04 bits per heavy atom. The van der Waals surface area contributed by atoms with E-state index in [9.17, 15) is 4.79 Å². The van der Waals surface area contributed by atoms with Gasteiger partial charge in [-0.15, -0.1) is 0 Å². The molecule has 1 aromatic heterocycles. The van der Waals surface area contributed by atoms with Crippen molar-refractivity contribution in [3.05, 3.63) is 65.9 Å². The van der Waals surface area contributed by atoms with Crippen LogP contribution >= 0.6 is 0 Å². The first-order chi connectivity index (χ1) is 11.8. The van der Waals surface area contributed by atoms with Crippen molar-refractivity contribution in [3.8, 4) is 11.5 Å². The molecule has 1 N–H and O–H groups in total. The highest BCUT2D eigenvalue weighted by molar-refractivity contribution is 5.97. The van der Waals surface area contributed by atoms with Gasteiger partial charge in [0, 0.05) is 23.7 Å². The average molecular weight is 320 g/mol. The van der Waals surface area contributed by atoms with Crippen LogP contribution < -0.4 is 14.8 Å². The van der Waals surface area contributed by atoms with Gasteiger partial charge in [-0.2, -0.15) is 0 Å². The molecule has 1 amide bonds. The Morgan fingerprint density at radius 3 is 2.83 bits per heavy atom. The lowest BCUT2D eigenvalue weighted by molar-refractivity contribution is 0.0951. The minimum atomic E-state index is -0.115. The second kappa shape index (κ2) is 6.20. The number of amides is 1. The van der Waals surface area contributed by atoms with E-state index in [1.165, 1.54) is 0 Å². The number of carbonyl (C=O) groups excluding carboxylic acids is 1. The van der Waals surface area contributed by atoms with Crippen molar-refractivity contribution in [2.24, 2.45) is 0 Å². The summed E-state index contributed by atoms with van der Waals surface area (Å²) in [6, 6.07) is 15.0. The van der Waals surface area contributed by atoms with Crippen LogP contribution in [0.15, 0.2) is 54.7 Å². The van der Waals surface area contributed by atoms with Crippen LogP contribution in [0, 0.1) is 0 Å². The molecular weight excluding hydrogens is 304 g/mol. The number of pyridine rings is 1. The summed E-state index contributed by atoms with van der Waals surface area (Å²) in [7, 11) is 0. The Kier molecular flexibility index (Phi) is 3.75. The first kappa shape index (κ1) is 14.5. The fourth-order valence-corrected chi connectivity index (χ4v) is 2.70. The lowest BCUT2D eigenvalue weighted by Gasteiger charge is -2.19. The molecule has 1 aliphatic heterocycles. The number of hydrogen-bond acceptors (Lipinski definition) is 4. The Hall–Kier alpha value is -3.08. The van der Waals surface area contributed by atoms with Crippen molar-refractivity contribution in [3.63, 3.8) is 0 Å². The van der Waals surface area contributed by atoms with Gasteiger partial charge in [0.2, 0.25) is 0 Å². The lowest BCUT2D eigenvalue weighted by Crippen LogP contribution is -2.23. The summed E-state index contributed by atoms with van der Waals surface area (Å²) in [5, 5.41) is 3.88. The predicted octanol–water partition coefficient (Wildman–Crippen LogP) is 2.94. The van der Waals surface area contributed by atoms with Crippen LogP contribution in [-0.4, -0.2) is 24.1 Å². The number of nitrogens with zero attached hydrogens (tertiary/aromatic N) is 1. The number of carbonyl (C=O) groups is 1. The summed E-state index contributed by atoms with van der Waals surface area (Å²) in [4.78, 5) is 16.6. The van der Waals surface area contributed by atoms with Gasteiger partial charge in [0.25, 0.3) is 5.91 Å². The summed E-state index contributed by atoms with van der Waals surface area (Å²) < 4.78 is 11.1. The van der Waals surface area contributed by atoms with Crippen LogP contribution in [0.5, 0.6) is 11.5 Å². The van der Waals surface area contributed by atoms with E-state index < -0.39 is 0 Å². The highest BCUT2D eigenvalue weighted by Crippen LogP contribution is 2.30. The van der Waals surface area contributed by atoms with Gasteiger partial charge in [-0.25, -0.2) is 0 Å². The van der Waals surface area contributed by atoms with E-state index in [1.807, 2.05) is 42.5 Å². The van der Waals surface area contributed by atoms with Gasteiger partial charge in [-0.05, 0) is 42.0 Å². The van der Waals surface area contributed by atoms with Crippen LogP contribution in [-0.2, 0) is 6.54 Å². The van der Waals surface area contributed by atoms with Gasteiger partial charge in [-0.1, -0.05) is 12.1 Å². The third kappa shape index (κ3) is 2.88. The maximum atomic E-state index is 12.4. The first-order valence-electron chi connectivity index (χ1n) is 7.81. The first-order valence-corrected chi connectivity index (χ1v) is 7.81. The van der Waals surface area contributed by atoms with E-state index >= 15 is 0 Å². The molecule has 2 aromatic carbocycles. The second-order valence-electron chi connectivity index (χ2n) is 5.57. The van der Waals surface area contributed by atoms with Crippen molar-refractivity contribution >= 4 is 16.8 Å². The number of fused-ring (bicyclic) bond motifs is 2. The van der Waals surface area contributed by atoms with Crippen molar-refractivity contribution < 1.29 is 14.3 Å². The minimum Gasteiger partial charge on any atom is -0.486 e. The fourth-order valence-electron chi connectivity index (χ4n) is 2.70. The Morgan fingerprint density at radius 2 is 1.92 bits per heavy atom. The highest BCUT2D eigenvalue weighted by Gasteiger charge is 2.12. The molecular formula is C19H16N2O3. The number of aromatic nitrogens is 1. The Balaban J connectivity index is 1.47. The fraction of sp³-hybridized carbons (Fsp3) is 0.158. The summed E-state index contributed by atoms with van der Waals surface area (Å²) in [5.41, 5.74) is 2.46. The molecule has 5 nitrogen and oxygen atoms in total. The van der Waals surface area contributed by atoms with Gasteiger partial charge in [0.1, 0.15) is 13.2 Å². The van der Waals surface area contributed by atoms with Crippen molar-refractivity contribution in [1.29, 1.82) is 0 Å². The molecule has 24 heavy (non-hydrogen) atoms. The zero-order valence-corrected chi connectivity index (χ0v) is 13.0. The van der Waals surface area contributed by atoms with Crippen molar-refractivity contribution in [2.75, 3.05) is 13.2 Å². The van der Waals surface area contributed by atoms with Crippen LogP contribution in [0.3, 0.4) is 0 Å². The molecule has 0 spiro atoms. The molecule has 120 valence electrons. The maximum Gasteiger partial charge on any atom is 0.251 e. The van der Waals surface area contributed by atoms with Gasteiger partial charge < -0.3 is 14.8 Å². The summed E-state index contributed by atoms with van der Waals surface area (Å²) in [6.45, 7) is 1.55. The smallest absolute Gasteiger partial charge is 0.251 e. The van der Waals surface area contributed by atoms with E-state index in [4.69, 9.17) is 9.47 Å². The van der Waals surface area contributed by atoms with Crippen LogP contribution in [0.4, 0.5) is 0 Å². The van der Waals surface area contributed by atoms with Gasteiger partial charge in [0.15, 0.2) is 11.5 Å². The number of benzene rings is 2. The molecule has 2 heterocycles. The van der Waals surface area contributed by atoms with Crippen molar-refractivity contribution in [2.45, 2.75) is 6.54 Å². The maximum absolute atomic E-state index is 12.4. The van der Waals surface area contributed by atoms with Crippen LogP contribution in [0.25, 0.3) is 10.9 Å². The number of nitrogens with one attached hydrogen (secondary N) is 1. The topological polar surface area (TPSA) is 60.5 Å². The second-order valence-corrected chi connectivity index (χ2v) is 5.57. The SMILES string of the molecule is O=C(NCc1ccc2c(c1)OCCO2)c1ccc2ncccc2c1. The van der Waals surface area contributed by atoms with Gasteiger partial charge in [0.05, 0.1) is 5.52 Å². The molecule has 0 aliphatic carbocycles. The Bertz CT molecular complexity index is 908. The lowest BCUT2D eigenvalue weighted by atomic mass is 10.1.